The lowest BCUT2D eigenvalue weighted by Gasteiger charge is -2.26. The van der Waals surface area contributed by atoms with Crippen LogP contribution >= 0.6 is 0 Å². The first-order valence-corrected chi connectivity index (χ1v) is 8.79. The van der Waals surface area contributed by atoms with Crippen molar-refractivity contribution in [1.29, 1.82) is 0 Å². The van der Waals surface area contributed by atoms with Crippen molar-refractivity contribution >= 4 is 5.96 Å². The molecule has 28 heavy (non-hydrogen) atoms. The molecule has 2 aromatic carbocycles. The molecule has 2 rings (SSSR count). The van der Waals surface area contributed by atoms with Gasteiger partial charge in [-0.3, -0.25) is 4.99 Å². The molecule has 0 spiro atoms. The SMILES string of the molecule is CN=C(NCc1ccccc1OC(F)F)NCC(c1cccc(F)c1)N(C)C. The number of alkyl halides is 2. The van der Waals surface area contributed by atoms with Crippen molar-refractivity contribution in [2.24, 2.45) is 4.99 Å². The molecule has 0 aliphatic carbocycles. The summed E-state index contributed by atoms with van der Waals surface area (Å²) in [5.74, 6) is 0.323. The highest BCUT2D eigenvalue weighted by Crippen LogP contribution is 2.20. The summed E-state index contributed by atoms with van der Waals surface area (Å²) in [5.41, 5.74) is 1.42. The standard InChI is InChI=1S/C20H25F3N4O/c1-24-20(25-12-15-7-4-5-10-18(15)28-19(22)23)26-13-17(27(2)3)14-8-6-9-16(21)11-14/h4-11,17,19H,12-13H2,1-3H3,(H2,24,25,26). The van der Waals surface area contributed by atoms with E-state index in [0.717, 1.165) is 5.56 Å². The number of hydrogen-bond acceptors (Lipinski definition) is 3. The predicted octanol–water partition coefficient (Wildman–Crippen LogP) is 3.40. The Morgan fingerprint density at radius 1 is 1.11 bits per heavy atom. The largest absolute Gasteiger partial charge is 0.434 e. The number of aliphatic imine (C=N–C) groups is 1. The van der Waals surface area contributed by atoms with Crippen LogP contribution in [0.3, 0.4) is 0 Å². The number of likely N-dealkylation sites (N-methyl/N-ethyl adjacent to an activating group) is 1. The molecule has 5 nitrogen and oxygen atoms in total. The topological polar surface area (TPSA) is 48.9 Å². The van der Waals surface area contributed by atoms with Crippen molar-refractivity contribution in [3.05, 3.63) is 65.5 Å². The molecule has 0 fully saturated rings. The fourth-order valence-electron chi connectivity index (χ4n) is 2.77. The Hall–Kier alpha value is -2.74. The number of para-hydroxylation sites is 1. The van der Waals surface area contributed by atoms with Gasteiger partial charge in [-0.2, -0.15) is 8.78 Å². The second-order valence-electron chi connectivity index (χ2n) is 6.33. The van der Waals surface area contributed by atoms with Crippen molar-refractivity contribution in [3.8, 4) is 5.75 Å². The van der Waals surface area contributed by atoms with Gasteiger partial charge in [-0.25, -0.2) is 4.39 Å². The van der Waals surface area contributed by atoms with Gasteiger partial charge >= 0.3 is 6.61 Å². The maximum absolute atomic E-state index is 13.6. The van der Waals surface area contributed by atoms with E-state index >= 15 is 0 Å². The van der Waals surface area contributed by atoms with Gasteiger partial charge in [0.15, 0.2) is 5.96 Å². The third kappa shape index (κ3) is 6.45. The molecular formula is C20H25F3N4O. The molecule has 0 aliphatic heterocycles. The fraction of sp³-hybridized carbons (Fsp3) is 0.350. The van der Waals surface area contributed by atoms with Crippen molar-refractivity contribution in [3.63, 3.8) is 0 Å². The van der Waals surface area contributed by atoms with Crippen LogP contribution in [0, 0.1) is 5.82 Å². The van der Waals surface area contributed by atoms with E-state index in [1.165, 1.54) is 18.2 Å². The summed E-state index contributed by atoms with van der Waals surface area (Å²) in [4.78, 5) is 6.12. The van der Waals surface area contributed by atoms with Gasteiger partial charge in [0.1, 0.15) is 11.6 Å². The van der Waals surface area contributed by atoms with Crippen LogP contribution in [-0.2, 0) is 6.54 Å². The quantitative estimate of drug-likeness (QED) is 0.532. The Kier molecular flexibility index (Phi) is 8.13. The van der Waals surface area contributed by atoms with Gasteiger partial charge in [0, 0.05) is 25.7 Å². The average Bonchev–Trinajstić information content (AvgIpc) is 2.65. The Labute approximate surface area is 163 Å². The molecule has 0 aliphatic rings. The molecule has 0 amide bonds. The molecular weight excluding hydrogens is 369 g/mol. The number of ether oxygens (including phenoxy) is 1. The third-order valence-corrected chi connectivity index (χ3v) is 4.18. The van der Waals surface area contributed by atoms with E-state index in [0.29, 0.717) is 18.1 Å². The third-order valence-electron chi connectivity index (χ3n) is 4.18. The van der Waals surface area contributed by atoms with E-state index in [2.05, 4.69) is 20.4 Å². The smallest absolute Gasteiger partial charge is 0.387 e. The van der Waals surface area contributed by atoms with E-state index in [1.54, 1.807) is 31.3 Å². The van der Waals surface area contributed by atoms with Crippen LogP contribution in [-0.4, -0.2) is 45.2 Å². The molecule has 0 saturated carbocycles. The summed E-state index contributed by atoms with van der Waals surface area (Å²) < 4.78 is 43.1. The van der Waals surface area contributed by atoms with Gasteiger partial charge in [0.2, 0.25) is 0 Å². The van der Waals surface area contributed by atoms with Crippen LogP contribution in [0.15, 0.2) is 53.5 Å². The van der Waals surface area contributed by atoms with Crippen molar-refractivity contribution in [1.82, 2.24) is 15.5 Å². The molecule has 0 heterocycles. The summed E-state index contributed by atoms with van der Waals surface area (Å²) in [6, 6.07) is 12.9. The molecule has 2 N–H and O–H groups in total. The Balaban J connectivity index is 1.99. The number of halogens is 3. The molecule has 8 heteroatoms. The normalized spacial score (nSPS) is 12.9. The molecule has 1 atom stereocenters. The molecule has 2 aromatic rings. The summed E-state index contributed by atoms with van der Waals surface area (Å²) in [6.07, 6.45) is 0. The average molecular weight is 394 g/mol. The number of nitrogens with zero attached hydrogens (tertiary/aromatic N) is 2. The highest BCUT2D eigenvalue weighted by Gasteiger charge is 2.16. The second kappa shape index (κ2) is 10.6. The Bertz CT molecular complexity index is 784. The Morgan fingerprint density at radius 3 is 2.50 bits per heavy atom. The van der Waals surface area contributed by atoms with E-state index < -0.39 is 6.61 Å². The highest BCUT2D eigenvalue weighted by molar-refractivity contribution is 5.79. The van der Waals surface area contributed by atoms with Gasteiger partial charge in [0.05, 0.1) is 6.04 Å². The minimum Gasteiger partial charge on any atom is -0.434 e. The molecule has 0 bridgehead atoms. The maximum atomic E-state index is 13.6. The van der Waals surface area contributed by atoms with Crippen LogP contribution in [0.25, 0.3) is 0 Å². The minimum absolute atomic E-state index is 0.0799. The monoisotopic (exact) mass is 394 g/mol. The summed E-state index contributed by atoms with van der Waals surface area (Å²) >= 11 is 0. The molecule has 0 radical (unpaired) electrons. The van der Waals surface area contributed by atoms with Gasteiger partial charge in [-0.15, -0.1) is 0 Å². The van der Waals surface area contributed by atoms with Crippen LogP contribution in [0.1, 0.15) is 17.2 Å². The second-order valence-corrected chi connectivity index (χ2v) is 6.33. The van der Waals surface area contributed by atoms with E-state index in [-0.39, 0.29) is 24.2 Å². The number of guanidine groups is 1. The summed E-state index contributed by atoms with van der Waals surface area (Å²) in [6.45, 7) is -2.15. The molecule has 0 saturated heterocycles. The lowest BCUT2D eigenvalue weighted by molar-refractivity contribution is -0.0504. The van der Waals surface area contributed by atoms with Gasteiger partial charge in [-0.1, -0.05) is 30.3 Å². The zero-order chi connectivity index (χ0) is 20.5. The maximum Gasteiger partial charge on any atom is 0.387 e. The molecule has 152 valence electrons. The first kappa shape index (κ1) is 21.6. The summed E-state index contributed by atoms with van der Waals surface area (Å²) in [7, 11) is 5.43. The zero-order valence-electron chi connectivity index (χ0n) is 16.1. The van der Waals surface area contributed by atoms with E-state index in [4.69, 9.17) is 0 Å². The number of benzene rings is 2. The lowest BCUT2D eigenvalue weighted by Crippen LogP contribution is -2.41. The minimum atomic E-state index is -2.88. The van der Waals surface area contributed by atoms with Crippen molar-refractivity contribution in [2.45, 2.75) is 19.2 Å². The van der Waals surface area contributed by atoms with Crippen LogP contribution in [0.2, 0.25) is 0 Å². The first-order valence-electron chi connectivity index (χ1n) is 8.79. The molecule has 0 aromatic heterocycles. The van der Waals surface area contributed by atoms with Gasteiger partial charge < -0.3 is 20.3 Å². The lowest BCUT2D eigenvalue weighted by atomic mass is 10.1. The van der Waals surface area contributed by atoms with E-state index in [9.17, 15) is 13.2 Å². The van der Waals surface area contributed by atoms with Gasteiger partial charge in [0.25, 0.3) is 0 Å². The Morgan fingerprint density at radius 2 is 1.86 bits per heavy atom. The number of rotatable bonds is 8. The molecule has 1 unspecified atom stereocenters. The zero-order valence-corrected chi connectivity index (χ0v) is 16.1. The first-order chi connectivity index (χ1) is 13.4. The number of nitrogens with one attached hydrogen (secondary N) is 2. The van der Waals surface area contributed by atoms with Crippen molar-refractivity contribution < 1.29 is 17.9 Å². The predicted molar refractivity (Wildman–Crippen MR) is 104 cm³/mol. The number of hydrogen-bond donors (Lipinski definition) is 2. The van der Waals surface area contributed by atoms with E-state index in [1.807, 2.05) is 25.1 Å². The highest BCUT2D eigenvalue weighted by atomic mass is 19.3. The van der Waals surface area contributed by atoms with Crippen LogP contribution in [0.4, 0.5) is 13.2 Å². The van der Waals surface area contributed by atoms with Crippen LogP contribution in [0.5, 0.6) is 5.75 Å². The summed E-state index contributed by atoms with van der Waals surface area (Å²) in [5, 5.41) is 6.26. The van der Waals surface area contributed by atoms with Crippen LogP contribution < -0.4 is 15.4 Å². The van der Waals surface area contributed by atoms with Crippen molar-refractivity contribution in [2.75, 3.05) is 27.7 Å². The van der Waals surface area contributed by atoms with Gasteiger partial charge in [-0.05, 0) is 37.9 Å². The fourth-order valence-corrected chi connectivity index (χ4v) is 2.77.